The minimum atomic E-state index is -0.405. The Labute approximate surface area is 108 Å². The molecule has 0 aliphatic carbocycles. The number of pyridine rings is 1. The molecule has 3 aromatic rings. The van der Waals surface area contributed by atoms with Crippen LogP contribution in [0.1, 0.15) is 5.56 Å². The minimum Gasteiger partial charge on any atom is -0.398 e. The first-order valence-corrected chi connectivity index (χ1v) is 5.79. The third-order valence-electron chi connectivity index (χ3n) is 3.19. The zero-order valence-corrected chi connectivity index (χ0v) is 10.3. The van der Waals surface area contributed by atoms with Crippen molar-refractivity contribution in [1.29, 1.82) is 0 Å². The van der Waals surface area contributed by atoms with Gasteiger partial charge in [0.15, 0.2) is 0 Å². The van der Waals surface area contributed by atoms with E-state index in [4.69, 9.17) is 5.73 Å². The fourth-order valence-electron chi connectivity index (χ4n) is 2.12. The first-order valence-electron chi connectivity index (χ1n) is 5.79. The van der Waals surface area contributed by atoms with Gasteiger partial charge < -0.3 is 5.73 Å². The molecule has 19 heavy (non-hydrogen) atoms. The maximum atomic E-state index is 10.8. The number of nitrogens with zero attached hydrogens (tertiary/aromatic N) is 2. The number of fused-ring (bicyclic) bond motifs is 2. The Morgan fingerprint density at radius 3 is 2.58 bits per heavy atom. The molecule has 0 amide bonds. The maximum Gasteiger partial charge on any atom is 0.270 e. The summed E-state index contributed by atoms with van der Waals surface area (Å²) in [5.41, 5.74) is 9.12. The molecule has 0 radical (unpaired) electrons. The summed E-state index contributed by atoms with van der Waals surface area (Å²) in [5.74, 6) is 0. The lowest BCUT2D eigenvalue weighted by Gasteiger charge is -2.05. The minimum absolute atomic E-state index is 0.0702. The molecule has 0 atom stereocenters. The maximum absolute atomic E-state index is 10.8. The monoisotopic (exact) mass is 253 g/mol. The van der Waals surface area contributed by atoms with Crippen molar-refractivity contribution in [1.82, 2.24) is 4.98 Å². The second-order valence-corrected chi connectivity index (χ2v) is 4.52. The third kappa shape index (κ3) is 1.85. The van der Waals surface area contributed by atoms with Crippen LogP contribution in [0.4, 0.5) is 11.4 Å². The molecule has 0 unspecified atom stereocenters. The lowest BCUT2D eigenvalue weighted by Crippen LogP contribution is -1.92. The van der Waals surface area contributed by atoms with E-state index in [1.54, 1.807) is 6.07 Å². The van der Waals surface area contributed by atoms with E-state index in [0.717, 1.165) is 27.4 Å². The molecule has 2 aromatic carbocycles. The molecular weight excluding hydrogens is 242 g/mol. The number of nitrogen functional groups attached to an aromatic ring is 1. The van der Waals surface area contributed by atoms with Crippen molar-refractivity contribution >= 4 is 33.2 Å². The highest BCUT2D eigenvalue weighted by molar-refractivity contribution is 5.95. The number of nitro groups is 1. The molecule has 2 N–H and O–H groups in total. The van der Waals surface area contributed by atoms with Gasteiger partial charge in [-0.3, -0.25) is 10.1 Å². The van der Waals surface area contributed by atoms with Crippen LogP contribution in [-0.4, -0.2) is 9.91 Å². The molecule has 0 saturated heterocycles. The number of hydrogen-bond donors (Lipinski definition) is 1. The van der Waals surface area contributed by atoms with Crippen LogP contribution in [0.15, 0.2) is 36.4 Å². The summed E-state index contributed by atoms with van der Waals surface area (Å²) in [6.07, 6.45) is 0. The van der Waals surface area contributed by atoms with Crippen molar-refractivity contribution < 1.29 is 4.92 Å². The highest BCUT2D eigenvalue weighted by Crippen LogP contribution is 2.26. The van der Waals surface area contributed by atoms with Crippen LogP contribution in [0.2, 0.25) is 0 Å². The quantitative estimate of drug-likeness (QED) is 0.312. The van der Waals surface area contributed by atoms with E-state index >= 15 is 0 Å². The summed E-state index contributed by atoms with van der Waals surface area (Å²) >= 11 is 0. The Hall–Kier alpha value is -2.69. The number of nitro benzene ring substituents is 1. The van der Waals surface area contributed by atoms with Crippen molar-refractivity contribution in [2.45, 2.75) is 6.92 Å². The summed E-state index contributed by atoms with van der Waals surface area (Å²) in [6.45, 7) is 1.92. The normalized spacial score (nSPS) is 11.0. The number of benzene rings is 2. The fourth-order valence-corrected chi connectivity index (χ4v) is 2.12. The van der Waals surface area contributed by atoms with E-state index < -0.39 is 4.92 Å². The molecule has 5 nitrogen and oxygen atoms in total. The smallest absolute Gasteiger partial charge is 0.270 e. The number of aromatic nitrogens is 1. The van der Waals surface area contributed by atoms with Gasteiger partial charge in [0.1, 0.15) is 0 Å². The SMILES string of the molecule is Cc1cc2cc3cc([N+](=O)[O-])ccc3nc2cc1N. The van der Waals surface area contributed by atoms with Crippen molar-refractivity contribution in [2.75, 3.05) is 5.73 Å². The first-order chi connectivity index (χ1) is 9.04. The molecule has 5 heteroatoms. The van der Waals surface area contributed by atoms with Crippen LogP contribution in [0, 0.1) is 17.0 Å². The second kappa shape index (κ2) is 3.91. The summed E-state index contributed by atoms with van der Waals surface area (Å²) in [6, 6.07) is 10.3. The van der Waals surface area contributed by atoms with Crippen LogP contribution in [0.3, 0.4) is 0 Å². The van der Waals surface area contributed by atoms with Gasteiger partial charge >= 0.3 is 0 Å². The summed E-state index contributed by atoms with van der Waals surface area (Å²) in [4.78, 5) is 14.8. The third-order valence-corrected chi connectivity index (χ3v) is 3.19. The summed E-state index contributed by atoms with van der Waals surface area (Å²) in [5, 5.41) is 12.5. The summed E-state index contributed by atoms with van der Waals surface area (Å²) in [7, 11) is 0. The van der Waals surface area contributed by atoms with E-state index in [0.29, 0.717) is 5.69 Å². The van der Waals surface area contributed by atoms with Gasteiger partial charge in [-0.15, -0.1) is 0 Å². The topological polar surface area (TPSA) is 82.0 Å². The van der Waals surface area contributed by atoms with E-state index in [-0.39, 0.29) is 5.69 Å². The van der Waals surface area contributed by atoms with Gasteiger partial charge in [-0.2, -0.15) is 0 Å². The van der Waals surface area contributed by atoms with Gasteiger partial charge in [-0.25, -0.2) is 4.98 Å². The van der Waals surface area contributed by atoms with Crippen molar-refractivity contribution in [2.24, 2.45) is 0 Å². The number of hydrogen-bond acceptors (Lipinski definition) is 4. The number of non-ortho nitro benzene ring substituents is 1. The Balaban J connectivity index is 2.35. The molecular formula is C14H11N3O2. The van der Waals surface area contributed by atoms with Crippen molar-refractivity contribution in [3.63, 3.8) is 0 Å². The van der Waals surface area contributed by atoms with Crippen molar-refractivity contribution in [3.8, 4) is 0 Å². The standard InChI is InChI=1S/C14H11N3O2/c1-8-4-9-5-10-6-11(17(18)19)2-3-13(10)16-14(9)7-12(8)15/h2-7H,15H2,1H3. The molecule has 1 heterocycles. The van der Waals surface area contributed by atoms with Crippen LogP contribution in [-0.2, 0) is 0 Å². The first kappa shape index (κ1) is 11.4. The predicted molar refractivity (Wildman–Crippen MR) is 75.1 cm³/mol. The highest BCUT2D eigenvalue weighted by atomic mass is 16.6. The molecule has 94 valence electrons. The molecule has 0 saturated carbocycles. The molecule has 0 aliphatic rings. The number of aryl methyl sites for hydroxylation is 1. The zero-order chi connectivity index (χ0) is 13.6. The van der Waals surface area contributed by atoms with Crippen LogP contribution < -0.4 is 5.73 Å². The Bertz CT molecular complexity index is 828. The van der Waals surface area contributed by atoms with Gasteiger partial charge in [-0.1, -0.05) is 0 Å². The van der Waals surface area contributed by atoms with Gasteiger partial charge in [0, 0.05) is 28.6 Å². The lowest BCUT2D eigenvalue weighted by molar-refractivity contribution is -0.384. The van der Waals surface area contributed by atoms with Gasteiger partial charge in [-0.05, 0) is 36.8 Å². The average Bonchev–Trinajstić information content (AvgIpc) is 2.37. The van der Waals surface area contributed by atoms with E-state index in [1.165, 1.54) is 12.1 Å². The molecule has 3 rings (SSSR count). The number of rotatable bonds is 1. The van der Waals surface area contributed by atoms with Crippen LogP contribution in [0.5, 0.6) is 0 Å². The van der Waals surface area contributed by atoms with Gasteiger partial charge in [0.05, 0.1) is 16.0 Å². The molecule has 0 aliphatic heterocycles. The average molecular weight is 253 g/mol. The van der Waals surface area contributed by atoms with Gasteiger partial charge in [0.25, 0.3) is 5.69 Å². The van der Waals surface area contributed by atoms with Crippen LogP contribution >= 0.6 is 0 Å². The van der Waals surface area contributed by atoms with Crippen LogP contribution in [0.25, 0.3) is 21.8 Å². The Kier molecular flexibility index (Phi) is 2.35. The second-order valence-electron chi connectivity index (χ2n) is 4.52. The van der Waals surface area contributed by atoms with E-state index in [2.05, 4.69) is 4.98 Å². The molecule has 1 aromatic heterocycles. The van der Waals surface area contributed by atoms with Gasteiger partial charge in [0.2, 0.25) is 0 Å². The highest BCUT2D eigenvalue weighted by Gasteiger charge is 2.08. The number of anilines is 1. The van der Waals surface area contributed by atoms with E-state index in [9.17, 15) is 10.1 Å². The molecule has 0 bridgehead atoms. The van der Waals surface area contributed by atoms with Crippen molar-refractivity contribution in [3.05, 3.63) is 52.1 Å². The zero-order valence-electron chi connectivity index (χ0n) is 10.3. The predicted octanol–water partition coefficient (Wildman–Crippen LogP) is 3.19. The molecule has 0 spiro atoms. The largest absolute Gasteiger partial charge is 0.398 e. The Morgan fingerprint density at radius 2 is 1.84 bits per heavy atom. The van der Waals surface area contributed by atoms with E-state index in [1.807, 2.05) is 25.1 Å². The molecule has 0 fully saturated rings. The Morgan fingerprint density at radius 1 is 1.11 bits per heavy atom. The summed E-state index contributed by atoms with van der Waals surface area (Å²) < 4.78 is 0. The fraction of sp³-hybridized carbons (Fsp3) is 0.0714. The number of nitrogens with two attached hydrogens (primary N) is 1. The lowest BCUT2D eigenvalue weighted by atomic mass is 10.1.